The van der Waals surface area contributed by atoms with Crippen molar-refractivity contribution in [1.29, 1.82) is 0 Å². The second-order valence-electron chi connectivity index (χ2n) is 7.99. The Morgan fingerprint density at radius 2 is 1.77 bits per heavy atom. The molecule has 0 radical (unpaired) electrons. The molecule has 1 aliphatic heterocycles. The molecule has 1 atom stereocenters. The standard InChI is InChI=1S/C23H26ClN5O2/c1-15-4-7-18(8-5-15)25-23(31)29-12-10-28(11-13-29)16(2)21-26-20-9-6-17(24)14-19(20)22(30)27(21)3/h4-9,14,16H,10-13H2,1-3H3,(H,25,31). The van der Waals surface area contributed by atoms with Crippen LogP contribution in [-0.4, -0.2) is 51.6 Å². The Hall–Kier alpha value is -2.90. The smallest absolute Gasteiger partial charge is 0.321 e. The lowest BCUT2D eigenvalue weighted by molar-refractivity contribution is 0.114. The second kappa shape index (κ2) is 8.69. The third-order valence-electron chi connectivity index (χ3n) is 5.90. The van der Waals surface area contributed by atoms with Crippen molar-refractivity contribution in [3.05, 3.63) is 69.2 Å². The van der Waals surface area contributed by atoms with Crippen molar-refractivity contribution in [2.24, 2.45) is 7.05 Å². The van der Waals surface area contributed by atoms with Gasteiger partial charge in [-0.2, -0.15) is 0 Å². The normalized spacial score (nSPS) is 15.8. The fourth-order valence-corrected chi connectivity index (χ4v) is 4.12. The molecule has 2 amide bonds. The number of hydrogen-bond acceptors (Lipinski definition) is 4. The number of hydrogen-bond donors (Lipinski definition) is 1. The topological polar surface area (TPSA) is 70.5 Å². The van der Waals surface area contributed by atoms with Gasteiger partial charge in [-0.1, -0.05) is 29.3 Å². The summed E-state index contributed by atoms with van der Waals surface area (Å²) in [5, 5.41) is 3.99. The van der Waals surface area contributed by atoms with Crippen LogP contribution in [0.15, 0.2) is 47.3 Å². The van der Waals surface area contributed by atoms with Gasteiger partial charge in [0.25, 0.3) is 5.56 Å². The van der Waals surface area contributed by atoms with E-state index in [4.69, 9.17) is 16.6 Å². The highest BCUT2D eigenvalue weighted by Crippen LogP contribution is 2.22. The summed E-state index contributed by atoms with van der Waals surface area (Å²) >= 11 is 6.04. The van der Waals surface area contributed by atoms with E-state index in [9.17, 15) is 9.59 Å². The molecule has 1 aliphatic rings. The summed E-state index contributed by atoms with van der Waals surface area (Å²) in [6.45, 7) is 6.69. The molecule has 8 heteroatoms. The fraction of sp³-hybridized carbons (Fsp3) is 0.348. The van der Waals surface area contributed by atoms with Crippen molar-refractivity contribution in [1.82, 2.24) is 19.4 Å². The Labute approximate surface area is 186 Å². The number of piperazine rings is 1. The Balaban J connectivity index is 1.44. The lowest BCUT2D eigenvalue weighted by Crippen LogP contribution is -2.51. The Morgan fingerprint density at radius 3 is 2.45 bits per heavy atom. The number of halogens is 1. The molecule has 162 valence electrons. The second-order valence-corrected chi connectivity index (χ2v) is 8.43. The average molecular weight is 440 g/mol. The number of fused-ring (bicyclic) bond motifs is 1. The number of benzene rings is 2. The summed E-state index contributed by atoms with van der Waals surface area (Å²) in [6, 6.07) is 12.8. The predicted molar refractivity (Wildman–Crippen MR) is 124 cm³/mol. The van der Waals surface area contributed by atoms with Gasteiger partial charge in [0.15, 0.2) is 0 Å². The van der Waals surface area contributed by atoms with Crippen LogP contribution in [0, 0.1) is 6.92 Å². The summed E-state index contributed by atoms with van der Waals surface area (Å²) < 4.78 is 1.60. The first-order valence-electron chi connectivity index (χ1n) is 10.4. The van der Waals surface area contributed by atoms with E-state index in [0.29, 0.717) is 47.9 Å². The van der Waals surface area contributed by atoms with Gasteiger partial charge in [-0.05, 0) is 44.2 Å². The van der Waals surface area contributed by atoms with Crippen molar-refractivity contribution in [3.8, 4) is 0 Å². The number of urea groups is 1. The molecule has 1 unspecified atom stereocenters. The van der Waals surface area contributed by atoms with Gasteiger partial charge in [-0.15, -0.1) is 0 Å². The lowest BCUT2D eigenvalue weighted by Gasteiger charge is -2.38. The van der Waals surface area contributed by atoms with Crippen molar-refractivity contribution in [2.45, 2.75) is 19.9 Å². The third-order valence-corrected chi connectivity index (χ3v) is 6.13. The molecule has 1 fully saturated rings. The van der Waals surface area contributed by atoms with Gasteiger partial charge in [0.2, 0.25) is 0 Å². The molecule has 1 aromatic heterocycles. The van der Waals surface area contributed by atoms with E-state index in [0.717, 1.165) is 11.3 Å². The zero-order chi connectivity index (χ0) is 22.1. The molecule has 1 saturated heterocycles. The monoisotopic (exact) mass is 439 g/mol. The van der Waals surface area contributed by atoms with E-state index >= 15 is 0 Å². The minimum Gasteiger partial charge on any atom is -0.322 e. The Bertz CT molecular complexity index is 1170. The van der Waals surface area contributed by atoms with Crippen LogP contribution in [0.5, 0.6) is 0 Å². The van der Waals surface area contributed by atoms with Crippen LogP contribution in [0.1, 0.15) is 24.4 Å². The van der Waals surface area contributed by atoms with Crippen LogP contribution in [0.2, 0.25) is 5.02 Å². The van der Waals surface area contributed by atoms with Crippen LogP contribution in [0.3, 0.4) is 0 Å². The van der Waals surface area contributed by atoms with Gasteiger partial charge in [-0.3, -0.25) is 14.3 Å². The maximum Gasteiger partial charge on any atom is 0.321 e. The number of nitrogens with one attached hydrogen (secondary N) is 1. The Morgan fingerprint density at radius 1 is 1.10 bits per heavy atom. The van der Waals surface area contributed by atoms with Crippen LogP contribution >= 0.6 is 11.6 Å². The molecule has 2 aromatic carbocycles. The maximum atomic E-state index is 12.8. The van der Waals surface area contributed by atoms with Crippen LogP contribution in [-0.2, 0) is 7.05 Å². The van der Waals surface area contributed by atoms with Crippen LogP contribution in [0.25, 0.3) is 10.9 Å². The number of carbonyl (C=O) groups is 1. The van der Waals surface area contributed by atoms with E-state index in [1.165, 1.54) is 0 Å². The van der Waals surface area contributed by atoms with Gasteiger partial charge >= 0.3 is 6.03 Å². The number of aromatic nitrogens is 2. The van der Waals surface area contributed by atoms with Gasteiger partial charge in [-0.25, -0.2) is 9.78 Å². The van der Waals surface area contributed by atoms with E-state index in [-0.39, 0.29) is 17.6 Å². The van der Waals surface area contributed by atoms with E-state index < -0.39 is 0 Å². The zero-order valence-corrected chi connectivity index (χ0v) is 18.7. The number of anilines is 1. The summed E-state index contributed by atoms with van der Waals surface area (Å²) in [6.07, 6.45) is 0. The first-order valence-corrected chi connectivity index (χ1v) is 10.7. The molecule has 3 aromatic rings. The largest absolute Gasteiger partial charge is 0.322 e. The quantitative estimate of drug-likeness (QED) is 0.673. The highest BCUT2D eigenvalue weighted by molar-refractivity contribution is 6.31. The van der Waals surface area contributed by atoms with Crippen molar-refractivity contribution in [2.75, 3.05) is 31.5 Å². The highest BCUT2D eigenvalue weighted by Gasteiger charge is 2.27. The molecular formula is C23H26ClN5O2. The maximum absolute atomic E-state index is 12.8. The minimum absolute atomic E-state index is 0.0555. The molecule has 0 saturated carbocycles. The molecule has 2 heterocycles. The highest BCUT2D eigenvalue weighted by atomic mass is 35.5. The van der Waals surface area contributed by atoms with Gasteiger partial charge in [0, 0.05) is 43.9 Å². The summed E-state index contributed by atoms with van der Waals surface area (Å²) in [4.78, 5) is 34.2. The van der Waals surface area contributed by atoms with Gasteiger partial charge in [0.1, 0.15) is 5.82 Å². The predicted octanol–water partition coefficient (Wildman–Crippen LogP) is 3.81. The van der Waals surface area contributed by atoms with Crippen LogP contribution in [0.4, 0.5) is 10.5 Å². The molecule has 4 rings (SSSR count). The molecule has 0 bridgehead atoms. The summed E-state index contributed by atoms with van der Waals surface area (Å²) in [5.74, 6) is 0.706. The number of carbonyl (C=O) groups excluding carboxylic acids is 1. The molecule has 0 aliphatic carbocycles. The van der Waals surface area contributed by atoms with E-state index in [2.05, 4.69) is 10.2 Å². The zero-order valence-electron chi connectivity index (χ0n) is 17.9. The van der Waals surface area contributed by atoms with Crippen molar-refractivity contribution < 1.29 is 4.79 Å². The van der Waals surface area contributed by atoms with Gasteiger partial charge in [0.05, 0.1) is 16.9 Å². The molecule has 1 N–H and O–H groups in total. The first kappa shape index (κ1) is 21.3. The van der Waals surface area contributed by atoms with E-state index in [1.54, 1.807) is 29.8 Å². The van der Waals surface area contributed by atoms with Crippen molar-refractivity contribution in [3.63, 3.8) is 0 Å². The van der Waals surface area contributed by atoms with Crippen molar-refractivity contribution >= 4 is 34.2 Å². The molecule has 0 spiro atoms. The number of rotatable bonds is 3. The number of aryl methyl sites for hydroxylation is 1. The summed E-state index contributed by atoms with van der Waals surface area (Å²) in [7, 11) is 1.74. The molecule has 31 heavy (non-hydrogen) atoms. The molecular weight excluding hydrogens is 414 g/mol. The average Bonchev–Trinajstić information content (AvgIpc) is 2.78. The number of nitrogens with zero attached hydrogens (tertiary/aromatic N) is 4. The number of amides is 2. The SMILES string of the molecule is Cc1ccc(NC(=O)N2CCN(C(C)c3nc4ccc(Cl)cc4c(=O)n3C)CC2)cc1. The molecule has 7 nitrogen and oxygen atoms in total. The van der Waals surface area contributed by atoms with Gasteiger partial charge < -0.3 is 10.2 Å². The van der Waals surface area contributed by atoms with Crippen LogP contribution < -0.4 is 10.9 Å². The lowest BCUT2D eigenvalue weighted by atomic mass is 10.2. The third kappa shape index (κ3) is 4.43. The minimum atomic E-state index is -0.106. The Kier molecular flexibility index (Phi) is 5.98. The first-order chi connectivity index (χ1) is 14.8. The fourth-order valence-electron chi connectivity index (χ4n) is 3.95. The van der Waals surface area contributed by atoms with E-state index in [1.807, 2.05) is 43.0 Å². The summed E-state index contributed by atoms with van der Waals surface area (Å²) in [5.41, 5.74) is 2.48.